The molecule has 0 amide bonds. The van der Waals surface area contributed by atoms with E-state index in [9.17, 15) is 8.42 Å². The van der Waals surface area contributed by atoms with Crippen molar-refractivity contribution in [3.8, 4) is 11.5 Å². The van der Waals surface area contributed by atoms with Gasteiger partial charge in [-0.2, -0.15) is 0 Å². The van der Waals surface area contributed by atoms with Crippen LogP contribution in [-0.2, 0) is 10.0 Å². The van der Waals surface area contributed by atoms with Gasteiger partial charge in [0.2, 0.25) is 0 Å². The summed E-state index contributed by atoms with van der Waals surface area (Å²) < 4.78 is 39.0. The van der Waals surface area contributed by atoms with Crippen molar-refractivity contribution in [2.75, 3.05) is 24.3 Å². The highest BCUT2D eigenvalue weighted by Crippen LogP contribution is 2.34. The third-order valence-electron chi connectivity index (χ3n) is 4.22. The molecule has 4 aromatic rings. The molecule has 30 heavy (non-hydrogen) atoms. The Kier molecular flexibility index (Phi) is 5.42. The van der Waals surface area contributed by atoms with Crippen LogP contribution in [0.1, 0.15) is 0 Å². The van der Waals surface area contributed by atoms with Crippen LogP contribution in [0.25, 0.3) is 11.0 Å². The van der Waals surface area contributed by atoms with Crippen LogP contribution in [0.15, 0.2) is 64.2 Å². The summed E-state index contributed by atoms with van der Waals surface area (Å²) in [6.45, 7) is 0. The molecule has 0 aliphatic heterocycles. The van der Waals surface area contributed by atoms with Gasteiger partial charge >= 0.3 is 0 Å². The van der Waals surface area contributed by atoms with E-state index in [1.54, 1.807) is 56.0 Å². The summed E-state index contributed by atoms with van der Waals surface area (Å²) in [7, 11) is -0.713. The summed E-state index contributed by atoms with van der Waals surface area (Å²) >= 11 is 1.12. The Morgan fingerprint density at radius 2 is 1.63 bits per heavy atom. The van der Waals surface area contributed by atoms with Crippen LogP contribution in [0, 0.1) is 0 Å². The average Bonchev–Trinajstić information content (AvgIpc) is 3.30. The first-order valence-electron chi connectivity index (χ1n) is 8.82. The Labute approximate surface area is 177 Å². The number of anilines is 3. The number of nitrogens with zero attached hydrogens (tertiary/aromatic N) is 2. The maximum absolute atomic E-state index is 12.8. The molecule has 0 saturated carbocycles. The molecule has 0 aliphatic rings. The summed E-state index contributed by atoms with van der Waals surface area (Å²) in [4.78, 5) is 9.06. The number of hydrogen-bond acceptors (Lipinski definition) is 8. The maximum Gasteiger partial charge on any atom is 0.272 e. The standard InChI is InChI=1S/C20H18N4O4S2/c1-27-13-9-10-17(28-2)16(12-13)23-19-20(22-15-7-4-3-6-14(15)21-19)24-30(25,26)18-8-5-11-29-18/h3-12H,1-2H3,(H,21,23)(H,22,24). The average molecular weight is 443 g/mol. The van der Waals surface area contributed by atoms with Crippen LogP contribution in [0.4, 0.5) is 17.3 Å². The molecule has 0 aliphatic carbocycles. The lowest BCUT2D eigenvalue weighted by molar-refractivity contribution is 0.405. The van der Waals surface area contributed by atoms with Gasteiger partial charge in [-0.05, 0) is 35.7 Å². The van der Waals surface area contributed by atoms with Gasteiger partial charge in [-0.1, -0.05) is 18.2 Å². The van der Waals surface area contributed by atoms with Gasteiger partial charge in [0, 0.05) is 6.07 Å². The molecule has 2 heterocycles. The molecule has 0 spiro atoms. The molecule has 0 bridgehead atoms. The number of nitrogens with one attached hydrogen (secondary N) is 2. The zero-order valence-corrected chi connectivity index (χ0v) is 17.8. The Morgan fingerprint density at radius 3 is 2.27 bits per heavy atom. The van der Waals surface area contributed by atoms with Crippen LogP contribution >= 0.6 is 11.3 Å². The number of benzene rings is 2. The van der Waals surface area contributed by atoms with Crippen LogP contribution in [0.2, 0.25) is 0 Å². The fourth-order valence-electron chi connectivity index (χ4n) is 2.79. The molecule has 10 heteroatoms. The zero-order valence-electron chi connectivity index (χ0n) is 16.1. The number of para-hydroxylation sites is 2. The second kappa shape index (κ2) is 8.17. The summed E-state index contributed by atoms with van der Waals surface area (Å²) in [6.07, 6.45) is 0. The van der Waals surface area contributed by atoms with Crippen molar-refractivity contribution in [2.45, 2.75) is 4.21 Å². The van der Waals surface area contributed by atoms with E-state index in [1.165, 1.54) is 6.07 Å². The Bertz CT molecular complexity index is 1290. The van der Waals surface area contributed by atoms with Crippen LogP contribution in [-0.4, -0.2) is 32.6 Å². The fourth-order valence-corrected chi connectivity index (χ4v) is 4.79. The fraction of sp³-hybridized carbons (Fsp3) is 0.100. The van der Waals surface area contributed by atoms with E-state index in [1.807, 2.05) is 12.1 Å². The van der Waals surface area contributed by atoms with Crippen molar-refractivity contribution in [3.63, 3.8) is 0 Å². The van der Waals surface area contributed by atoms with E-state index in [0.29, 0.717) is 28.2 Å². The van der Waals surface area contributed by atoms with Crippen molar-refractivity contribution in [2.24, 2.45) is 0 Å². The van der Waals surface area contributed by atoms with Gasteiger partial charge in [0.15, 0.2) is 11.6 Å². The van der Waals surface area contributed by atoms with E-state index in [0.717, 1.165) is 11.3 Å². The smallest absolute Gasteiger partial charge is 0.272 e. The summed E-state index contributed by atoms with van der Waals surface area (Å²) in [5.41, 5.74) is 1.73. The number of fused-ring (bicyclic) bond motifs is 1. The highest BCUT2D eigenvalue weighted by atomic mass is 32.2. The van der Waals surface area contributed by atoms with Gasteiger partial charge in [0.05, 0.1) is 30.9 Å². The number of methoxy groups -OCH3 is 2. The molecule has 0 atom stereocenters. The first-order valence-corrected chi connectivity index (χ1v) is 11.2. The lowest BCUT2D eigenvalue weighted by atomic mass is 10.2. The number of aromatic nitrogens is 2. The molecule has 2 aromatic carbocycles. The van der Waals surface area contributed by atoms with E-state index in [2.05, 4.69) is 20.0 Å². The van der Waals surface area contributed by atoms with Crippen LogP contribution < -0.4 is 19.5 Å². The molecule has 4 rings (SSSR count). The van der Waals surface area contributed by atoms with Gasteiger partial charge in [-0.3, -0.25) is 4.72 Å². The number of thiophene rings is 1. The second-order valence-corrected chi connectivity index (χ2v) is 9.00. The molecule has 154 valence electrons. The lowest BCUT2D eigenvalue weighted by Crippen LogP contribution is -2.15. The molecule has 0 fully saturated rings. The number of hydrogen-bond donors (Lipinski definition) is 2. The van der Waals surface area contributed by atoms with E-state index in [-0.39, 0.29) is 15.8 Å². The van der Waals surface area contributed by atoms with Gasteiger partial charge in [0.25, 0.3) is 10.0 Å². The minimum absolute atomic E-state index is 0.0759. The SMILES string of the molecule is COc1ccc(OC)c(Nc2nc3ccccc3nc2NS(=O)(=O)c2cccs2)c1. The Morgan fingerprint density at radius 1 is 0.900 bits per heavy atom. The van der Waals surface area contributed by atoms with Crippen molar-refractivity contribution < 1.29 is 17.9 Å². The van der Waals surface area contributed by atoms with Gasteiger partial charge in [-0.25, -0.2) is 18.4 Å². The number of rotatable bonds is 7. The highest BCUT2D eigenvalue weighted by Gasteiger charge is 2.20. The van der Waals surface area contributed by atoms with Crippen molar-refractivity contribution in [1.29, 1.82) is 0 Å². The zero-order chi connectivity index (χ0) is 21.1. The summed E-state index contributed by atoms with van der Waals surface area (Å²) in [6, 6.07) is 15.6. The number of ether oxygens (including phenoxy) is 2. The highest BCUT2D eigenvalue weighted by molar-refractivity contribution is 7.94. The summed E-state index contributed by atoms with van der Waals surface area (Å²) in [5.74, 6) is 1.46. The van der Waals surface area contributed by atoms with E-state index in [4.69, 9.17) is 9.47 Å². The lowest BCUT2D eigenvalue weighted by Gasteiger charge is -2.15. The number of sulfonamides is 1. The molecule has 2 N–H and O–H groups in total. The van der Waals surface area contributed by atoms with Crippen LogP contribution in [0.3, 0.4) is 0 Å². The minimum atomic E-state index is -3.81. The van der Waals surface area contributed by atoms with Crippen LogP contribution in [0.5, 0.6) is 11.5 Å². The van der Waals surface area contributed by atoms with Crippen molar-refractivity contribution in [3.05, 3.63) is 60.0 Å². The normalized spacial score (nSPS) is 11.3. The van der Waals surface area contributed by atoms with Crippen molar-refractivity contribution in [1.82, 2.24) is 9.97 Å². The third-order valence-corrected chi connectivity index (χ3v) is 6.96. The molecule has 0 unspecified atom stereocenters. The van der Waals surface area contributed by atoms with E-state index < -0.39 is 10.0 Å². The molecule has 0 radical (unpaired) electrons. The summed E-state index contributed by atoms with van der Waals surface area (Å²) in [5, 5.41) is 4.82. The molecular weight excluding hydrogens is 424 g/mol. The molecular formula is C20H18N4O4S2. The monoisotopic (exact) mass is 442 g/mol. The largest absolute Gasteiger partial charge is 0.497 e. The Balaban J connectivity index is 1.81. The second-order valence-electron chi connectivity index (χ2n) is 6.14. The maximum atomic E-state index is 12.8. The molecule has 8 nitrogen and oxygen atoms in total. The topological polar surface area (TPSA) is 102 Å². The molecule has 2 aromatic heterocycles. The Hall–Kier alpha value is -3.37. The predicted molar refractivity (Wildman–Crippen MR) is 117 cm³/mol. The quantitative estimate of drug-likeness (QED) is 0.441. The first-order chi connectivity index (χ1) is 14.5. The molecule has 0 saturated heterocycles. The van der Waals surface area contributed by atoms with E-state index >= 15 is 0 Å². The van der Waals surface area contributed by atoms with Gasteiger partial charge in [-0.15, -0.1) is 11.3 Å². The van der Waals surface area contributed by atoms with Gasteiger partial charge < -0.3 is 14.8 Å². The third kappa shape index (κ3) is 4.00. The predicted octanol–water partition coefficient (Wildman–Crippen LogP) is 4.25. The first kappa shape index (κ1) is 19.9. The van der Waals surface area contributed by atoms with Gasteiger partial charge in [0.1, 0.15) is 15.7 Å². The minimum Gasteiger partial charge on any atom is -0.497 e. The van der Waals surface area contributed by atoms with Crippen molar-refractivity contribution >= 4 is 49.7 Å².